The van der Waals surface area contributed by atoms with Gasteiger partial charge in [0.25, 0.3) is 5.91 Å². The van der Waals surface area contributed by atoms with Crippen molar-refractivity contribution in [2.24, 2.45) is 0 Å². The topological polar surface area (TPSA) is 46.3 Å². The van der Waals surface area contributed by atoms with E-state index in [2.05, 4.69) is 19.9 Å². The number of carbonyl (C=O) groups is 1. The van der Waals surface area contributed by atoms with Crippen LogP contribution in [-0.2, 0) is 0 Å². The van der Waals surface area contributed by atoms with Gasteiger partial charge < -0.3 is 10.6 Å². The van der Waals surface area contributed by atoms with Crippen molar-refractivity contribution in [2.75, 3.05) is 24.6 Å². The molecule has 0 aliphatic carbocycles. The number of hydrogen-bond acceptors (Lipinski definition) is 4. The molecule has 0 radical (unpaired) electrons. The molecule has 0 bridgehead atoms. The highest BCUT2D eigenvalue weighted by Gasteiger charge is 2.27. The molecule has 2 heterocycles. The van der Waals surface area contributed by atoms with Gasteiger partial charge in [-0.15, -0.1) is 11.3 Å². The minimum absolute atomic E-state index is 0.104. The summed E-state index contributed by atoms with van der Waals surface area (Å²) in [6, 6.07) is 6.07. The largest absolute Gasteiger partial charge is 0.397 e. The van der Waals surface area contributed by atoms with Crippen LogP contribution in [0.1, 0.15) is 28.6 Å². The summed E-state index contributed by atoms with van der Waals surface area (Å²) in [5.41, 5.74) is 8.07. The number of hydrogen-bond donors (Lipinski definition) is 1. The van der Waals surface area contributed by atoms with Gasteiger partial charge in [0.05, 0.1) is 5.69 Å². The number of amides is 1. The molecule has 1 aliphatic rings. The molecule has 1 unspecified atom stereocenters. The number of fused-ring (bicyclic) bond motifs is 1. The molecule has 1 amide bonds. The molecule has 1 aromatic carbocycles. The lowest BCUT2D eigenvalue weighted by Crippen LogP contribution is -2.41. The highest BCUT2D eigenvalue weighted by molar-refractivity contribution is 8.00. The van der Waals surface area contributed by atoms with E-state index in [1.807, 2.05) is 28.8 Å². The van der Waals surface area contributed by atoms with Crippen LogP contribution < -0.4 is 5.73 Å². The Labute approximate surface area is 133 Å². The monoisotopic (exact) mass is 320 g/mol. The summed E-state index contributed by atoms with van der Waals surface area (Å²) in [4.78, 5) is 15.5. The van der Waals surface area contributed by atoms with Crippen LogP contribution in [0.25, 0.3) is 10.1 Å². The van der Waals surface area contributed by atoms with Gasteiger partial charge in [0.2, 0.25) is 0 Å². The van der Waals surface area contributed by atoms with E-state index in [4.69, 9.17) is 5.73 Å². The van der Waals surface area contributed by atoms with Gasteiger partial charge in [0.15, 0.2) is 0 Å². The maximum absolute atomic E-state index is 12.8. The molecular weight excluding hydrogens is 300 g/mol. The SMILES string of the molecule is CCC1CN(C(=O)c2sc3c(C)cccc3c2N)CCS1. The summed E-state index contributed by atoms with van der Waals surface area (Å²) in [5, 5.41) is 1.57. The first-order valence-corrected chi connectivity index (χ1v) is 9.16. The Hall–Kier alpha value is -1.20. The summed E-state index contributed by atoms with van der Waals surface area (Å²) < 4.78 is 1.14. The van der Waals surface area contributed by atoms with Gasteiger partial charge in [-0.2, -0.15) is 11.8 Å². The van der Waals surface area contributed by atoms with Crippen LogP contribution in [0.2, 0.25) is 0 Å². The number of thiophene rings is 1. The highest BCUT2D eigenvalue weighted by Crippen LogP contribution is 2.36. The molecule has 1 fully saturated rings. The van der Waals surface area contributed by atoms with E-state index in [1.165, 1.54) is 16.9 Å². The predicted molar refractivity (Wildman–Crippen MR) is 93.4 cm³/mol. The van der Waals surface area contributed by atoms with Crippen LogP contribution in [0, 0.1) is 6.92 Å². The Kier molecular flexibility index (Phi) is 4.13. The summed E-state index contributed by atoms with van der Waals surface area (Å²) in [6.07, 6.45) is 1.11. The summed E-state index contributed by atoms with van der Waals surface area (Å²) in [6.45, 7) is 5.92. The molecule has 2 aromatic rings. The van der Waals surface area contributed by atoms with Gasteiger partial charge in [-0.05, 0) is 18.9 Å². The molecule has 1 atom stereocenters. The second kappa shape index (κ2) is 5.89. The minimum Gasteiger partial charge on any atom is -0.397 e. The van der Waals surface area contributed by atoms with E-state index in [0.29, 0.717) is 15.8 Å². The number of thioether (sulfide) groups is 1. The molecule has 5 heteroatoms. The maximum Gasteiger partial charge on any atom is 0.266 e. The summed E-state index contributed by atoms with van der Waals surface area (Å²) in [5.74, 6) is 1.13. The van der Waals surface area contributed by atoms with Crippen molar-refractivity contribution in [1.29, 1.82) is 0 Å². The Morgan fingerprint density at radius 3 is 3.00 bits per heavy atom. The summed E-state index contributed by atoms with van der Waals surface area (Å²) >= 11 is 3.51. The maximum atomic E-state index is 12.8. The van der Waals surface area contributed by atoms with Gasteiger partial charge in [-0.3, -0.25) is 4.79 Å². The lowest BCUT2D eigenvalue weighted by atomic mass is 10.1. The number of anilines is 1. The van der Waals surface area contributed by atoms with Gasteiger partial charge in [0, 0.05) is 34.2 Å². The lowest BCUT2D eigenvalue weighted by Gasteiger charge is -2.31. The Balaban J connectivity index is 1.94. The molecule has 1 aromatic heterocycles. The van der Waals surface area contributed by atoms with Crippen molar-refractivity contribution >= 4 is 44.8 Å². The Morgan fingerprint density at radius 2 is 2.29 bits per heavy atom. The number of nitrogens with zero attached hydrogens (tertiary/aromatic N) is 1. The third-order valence-corrected chi connectivity index (χ3v) is 6.74. The van der Waals surface area contributed by atoms with E-state index >= 15 is 0 Å². The van der Waals surface area contributed by atoms with Crippen LogP contribution >= 0.6 is 23.1 Å². The van der Waals surface area contributed by atoms with Crippen molar-refractivity contribution in [3.05, 3.63) is 28.6 Å². The number of benzene rings is 1. The third-order valence-electron chi connectivity index (χ3n) is 4.03. The second-order valence-electron chi connectivity index (χ2n) is 5.45. The molecule has 3 nitrogen and oxygen atoms in total. The fraction of sp³-hybridized carbons (Fsp3) is 0.438. The first-order chi connectivity index (χ1) is 10.1. The van der Waals surface area contributed by atoms with Gasteiger partial charge in [-0.1, -0.05) is 25.1 Å². The molecule has 1 aliphatic heterocycles. The van der Waals surface area contributed by atoms with E-state index in [1.54, 1.807) is 0 Å². The highest BCUT2D eigenvalue weighted by atomic mass is 32.2. The normalized spacial score (nSPS) is 19.1. The van der Waals surface area contributed by atoms with E-state index in [9.17, 15) is 4.79 Å². The van der Waals surface area contributed by atoms with Crippen molar-refractivity contribution in [3.63, 3.8) is 0 Å². The molecule has 21 heavy (non-hydrogen) atoms. The molecule has 112 valence electrons. The first kappa shape index (κ1) is 14.7. The van der Waals surface area contributed by atoms with Crippen LogP contribution in [0.15, 0.2) is 18.2 Å². The zero-order valence-corrected chi connectivity index (χ0v) is 14.0. The smallest absolute Gasteiger partial charge is 0.266 e. The molecule has 0 spiro atoms. The van der Waals surface area contributed by atoms with Crippen molar-refractivity contribution in [3.8, 4) is 0 Å². The lowest BCUT2D eigenvalue weighted by molar-refractivity contribution is 0.0767. The van der Waals surface area contributed by atoms with Crippen molar-refractivity contribution in [1.82, 2.24) is 4.90 Å². The van der Waals surface area contributed by atoms with E-state index in [-0.39, 0.29) is 5.91 Å². The predicted octanol–water partition coefficient (Wildman–Crippen LogP) is 3.76. The number of nitrogens with two attached hydrogens (primary N) is 1. The first-order valence-electron chi connectivity index (χ1n) is 7.30. The van der Waals surface area contributed by atoms with Crippen LogP contribution in [-0.4, -0.2) is 34.9 Å². The molecular formula is C16H20N2OS2. The number of rotatable bonds is 2. The number of carbonyl (C=O) groups excluding carboxylic acids is 1. The molecule has 1 saturated heterocycles. The molecule has 0 saturated carbocycles. The zero-order valence-electron chi connectivity index (χ0n) is 12.4. The van der Waals surface area contributed by atoms with Gasteiger partial charge >= 0.3 is 0 Å². The quantitative estimate of drug-likeness (QED) is 0.916. The third kappa shape index (κ3) is 2.64. The number of aryl methyl sites for hydroxylation is 1. The van der Waals surface area contributed by atoms with Crippen LogP contribution in [0.3, 0.4) is 0 Å². The summed E-state index contributed by atoms with van der Waals surface area (Å²) in [7, 11) is 0. The fourth-order valence-electron chi connectivity index (χ4n) is 2.73. The van der Waals surface area contributed by atoms with Crippen molar-refractivity contribution < 1.29 is 4.79 Å². The minimum atomic E-state index is 0.104. The van der Waals surface area contributed by atoms with E-state index < -0.39 is 0 Å². The fourth-order valence-corrected chi connectivity index (χ4v) is 5.07. The number of nitrogen functional groups attached to an aromatic ring is 1. The Morgan fingerprint density at radius 1 is 1.48 bits per heavy atom. The standard InChI is InChI=1S/C16H20N2OS2/c1-3-11-9-18(7-8-20-11)16(19)15-13(17)12-6-4-5-10(2)14(12)21-15/h4-6,11H,3,7-9,17H2,1-2H3. The Bertz CT molecular complexity index is 680. The zero-order chi connectivity index (χ0) is 15.0. The van der Waals surface area contributed by atoms with Crippen LogP contribution in [0.5, 0.6) is 0 Å². The van der Waals surface area contributed by atoms with Gasteiger partial charge in [-0.25, -0.2) is 0 Å². The average Bonchev–Trinajstić information content (AvgIpc) is 2.85. The van der Waals surface area contributed by atoms with Crippen LogP contribution in [0.4, 0.5) is 5.69 Å². The van der Waals surface area contributed by atoms with Crippen molar-refractivity contribution in [2.45, 2.75) is 25.5 Å². The molecule has 2 N–H and O–H groups in total. The van der Waals surface area contributed by atoms with Gasteiger partial charge in [0.1, 0.15) is 4.88 Å². The van der Waals surface area contributed by atoms with E-state index in [0.717, 1.165) is 35.3 Å². The molecule has 3 rings (SSSR count). The second-order valence-corrected chi connectivity index (χ2v) is 7.88. The average molecular weight is 320 g/mol.